The molecule has 10 nitrogen and oxygen atoms in total. The topological polar surface area (TPSA) is 128 Å². The number of hydrazone groups is 1. The molecule has 2 heterocycles. The number of aromatic nitrogens is 4. The molecule has 1 amide bonds. The van der Waals surface area contributed by atoms with Crippen LogP contribution in [0.4, 0.5) is 5.69 Å². The number of nitrogens with zero attached hydrogens (tertiary/aromatic N) is 6. The summed E-state index contributed by atoms with van der Waals surface area (Å²) < 4.78 is 1.82. The molecule has 176 valence electrons. The second kappa shape index (κ2) is 11.1. The minimum absolute atomic E-state index is 0.0118. The van der Waals surface area contributed by atoms with Gasteiger partial charge in [-0.05, 0) is 42.5 Å². The number of carbonyl (C=O) groups excluding carboxylic acids is 1. The molecule has 2 aromatic heterocycles. The number of nitro groups is 1. The normalized spacial score (nSPS) is 11.0. The van der Waals surface area contributed by atoms with E-state index in [0.29, 0.717) is 21.6 Å². The van der Waals surface area contributed by atoms with Gasteiger partial charge in [0, 0.05) is 51.4 Å². The molecule has 0 spiro atoms. The fourth-order valence-electron chi connectivity index (χ4n) is 2.95. The van der Waals surface area contributed by atoms with E-state index in [4.69, 9.17) is 23.2 Å². The molecule has 0 radical (unpaired) electrons. The molecule has 0 atom stereocenters. The molecule has 0 aliphatic carbocycles. The van der Waals surface area contributed by atoms with E-state index >= 15 is 0 Å². The molecular weight excluding hydrogens is 513 g/mol. The lowest BCUT2D eigenvalue weighted by Crippen LogP contribution is -2.20. The van der Waals surface area contributed by atoms with E-state index in [-0.39, 0.29) is 16.5 Å². The van der Waals surface area contributed by atoms with Crippen LogP contribution in [0.2, 0.25) is 10.0 Å². The van der Waals surface area contributed by atoms with Crippen LogP contribution in [0.3, 0.4) is 0 Å². The van der Waals surface area contributed by atoms with Crippen molar-refractivity contribution in [1.29, 1.82) is 0 Å². The fourth-order valence-corrected chi connectivity index (χ4v) is 3.99. The fraction of sp³-hybridized carbons (Fsp3) is 0.0455. The number of non-ortho nitro benzene ring substituents is 1. The van der Waals surface area contributed by atoms with Crippen LogP contribution >= 0.6 is 35.0 Å². The van der Waals surface area contributed by atoms with Crippen LogP contribution in [0.1, 0.15) is 5.56 Å². The first kappa shape index (κ1) is 24.3. The third-order valence-electron chi connectivity index (χ3n) is 4.57. The summed E-state index contributed by atoms with van der Waals surface area (Å²) >= 11 is 13.2. The van der Waals surface area contributed by atoms with Crippen molar-refractivity contribution >= 4 is 52.8 Å². The van der Waals surface area contributed by atoms with Gasteiger partial charge >= 0.3 is 0 Å². The number of halogens is 2. The Kier molecular flexibility index (Phi) is 7.70. The predicted octanol–water partition coefficient (Wildman–Crippen LogP) is 4.79. The highest BCUT2D eigenvalue weighted by Gasteiger charge is 2.17. The van der Waals surface area contributed by atoms with Gasteiger partial charge in [-0.1, -0.05) is 35.0 Å². The molecular formula is C22H15Cl2N7O3S. The largest absolute Gasteiger partial charge is 0.272 e. The Morgan fingerprint density at radius 3 is 2.57 bits per heavy atom. The number of hydrogen-bond acceptors (Lipinski definition) is 8. The maximum absolute atomic E-state index is 12.4. The minimum Gasteiger partial charge on any atom is -0.272 e. The SMILES string of the molecule is O=C(CSc1nnc(-c2ccncc2)n1-c1ccc(Cl)cc1)N/N=C/c1cc([N+](=O)[O-])ccc1Cl. The molecule has 4 aromatic rings. The average molecular weight is 528 g/mol. The number of rotatable bonds is 8. The van der Waals surface area contributed by atoms with Gasteiger partial charge in [-0.25, -0.2) is 5.43 Å². The Labute approximate surface area is 213 Å². The van der Waals surface area contributed by atoms with Gasteiger partial charge in [0.1, 0.15) is 0 Å². The summed E-state index contributed by atoms with van der Waals surface area (Å²) in [5, 5.41) is 24.7. The maximum atomic E-state index is 12.4. The number of nitrogens with one attached hydrogen (secondary N) is 1. The molecule has 0 saturated carbocycles. The summed E-state index contributed by atoms with van der Waals surface area (Å²) in [5.41, 5.74) is 4.12. The van der Waals surface area contributed by atoms with E-state index in [0.717, 1.165) is 23.0 Å². The third kappa shape index (κ3) is 6.01. The van der Waals surface area contributed by atoms with Gasteiger partial charge in [-0.2, -0.15) is 5.10 Å². The molecule has 0 saturated heterocycles. The van der Waals surface area contributed by atoms with Crippen molar-refractivity contribution in [2.24, 2.45) is 5.10 Å². The molecule has 13 heteroatoms. The summed E-state index contributed by atoms with van der Waals surface area (Å²) in [6, 6.07) is 14.7. The van der Waals surface area contributed by atoms with Gasteiger partial charge in [0.15, 0.2) is 11.0 Å². The van der Waals surface area contributed by atoms with Crippen LogP contribution in [0, 0.1) is 10.1 Å². The Morgan fingerprint density at radius 1 is 1.11 bits per heavy atom. The van der Waals surface area contributed by atoms with E-state index in [1.807, 2.05) is 28.8 Å². The van der Waals surface area contributed by atoms with Crippen molar-refractivity contribution in [2.45, 2.75) is 5.16 Å². The highest BCUT2D eigenvalue weighted by Crippen LogP contribution is 2.28. The van der Waals surface area contributed by atoms with Crippen molar-refractivity contribution in [3.8, 4) is 17.1 Å². The third-order valence-corrected chi connectivity index (χ3v) is 6.10. The van der Waals surface area contributed by atoms with E-state index in [1.165, 1.54) is 24.4 Å². The standard InChI is InChI=1S/C22H15Cl2N7O3S/c23-16-1-3-17(4-2-16)30-21(14-7-9-25-10-8-14)28-29-22(30)35-13-20(32)27-26-12-15-11-18(31(33)34)5-6-19(15)24/h1-12H,13H2,(H,27,32)/b26-12+. The molecule has 4 rings (SSSR count). The van der Waals surface area contributed by atoms with Crippen LogP contribution in [-0.4, -0.2) is 42.5 Å². The van der Waals surface area contributed by atoms with Crippen LogP contribution < -0.4 is 5.43 Å². The number of pyridine rings is 1. The van der Waals surface area contributed by atoms with E-state index < -0.39 is 10.8 Å². The highest BCUT2D eigenvalue weighted by atomic mass is 35.5. The summed E-state index contributed by atoms with van der Waals surface area (Å²) in [5.74, 6) is 0.155. The van der Waals surface area contributed by atoms with Crippen molar-refractivity contribution in [2.75, 3.05) is 5.75 Å². The molecule has 0 fully saturated rings. The Bertz CT molecular complexity index is 1400. The second-order valence-electron chi connectivity index (χ2n) is 6.90. The quantitative estimate of drug-likeness (QED) is 0.151. The number of hydrogen-bond donors (Lipinski definition) is 1. The smallest absolute Gasteiger partial charge is 0.270 e. The molecule has 0 unspecified atom stereocenters. The zero-order chi connectivity index (χ0) is 24.8. The lowest BCUT2D eigenvalue weighted by atomic mass is 10.2. The van der Waals surface area contributed by atoms with Crippen LogP contribution in [0.5, 0.6) is 0 Å². The second-order valence-corrected chi connectivity index (χ2v) is 8.68. The number of carbonyl (C=O) groups is 1. The van der Waals surface area contributed by atoms with Gasteiger partial charge < -0.3 is 0 Å². The lowest BCUT2D eigenvalue weighted by Gasteiger charge is -2.10. The molecule has 0 bridgehead atoms. The van der Waals surface area contributed by atoms with E-state index in [9.17, 15) is 14.9 Å². The zero-order valence-corrected chi connectivity index (χ0v) is 20.0. The van der Waals surface area contributed by atoms with Crippen LogP contribution in [0.15, 0.2) is 77.2 Å². The lowest BCUT2D eigenvalue weighted by molar-refractivity contribution is -0.384. The molecule has 0 aliphatic heterocycles. The summed E-state index contributed by atoms with van der Waals surface area (Å²) in [6.45, 7) is 0. The predicted molar refractivity (Wildman–Crippen MR) is 134 cm³/mol. The maximum Gasteiger partial charge on any atom is 0.270 e. The highest BCUT2D eigenvalue weighted by molar-refractivity contribution is 7.99. The monoisotopic (exact) mass is 527 g/mol. The molecule has 35 heavy (non-hydrogen) atoms. The van der Waals surface area contributed by atoms with E-state index in [1.54, 1.807) is 24.5 Å². The Balaban J connectivity index is 1.49. The van der Waals surface area contributed by atoms with Crippen LogP contribution in [-0.2, 0) is 4.79 Å². The average Bonchev–Trinajstić information content (AvgIpc) is 3.29. The molecule has 1 N–H and O–H groups in total. The summed E-state index contributed by atoms with van der Waals surface area (Å²) in [7, 11) is 0. The first-order valence-corrected chi connectivity index (χ1v) is 11.7. The number of nitro benzene ring substituents is 1. The number of benzene rings is 2. The summed E-state index contributed by atoms with van der Waals surface area (Å²) in [4.78, 5) is 26.8. The number of amides is 1. The van der Waals surface area contributed by atoms with Gasteiger partial charge in [0.2, 0.25) is 0 Å². The first-order valence-electron chi connectivity index (χ1n) is 9.93. The van der Waals surface area contributed by atoms with Crippen molar-refractivity contribution < 1.29 is 9.72 Å². The molecule has 0 aliphatic rings. The van der Waals surface area contributed by atoms with Gasteiger partial charge in [-0.15, -0.1) is 10.2 Å². The molecule has 2 aromatic carbocycles. The minimum atomic E-state index is -0.542. The van der Waals surface area contributed by atoms with Crippen molar-refractivity contribution in [3.05, 3.63) is 92.7 Å². The Hall–Kier alpha value is -3.80. The number of thioether (sulfide) groups is 1. The van der Waals surface area contributed by atoms with Gasteiger partial charge in [0.05, 0.1) is 16.9 Å². The van der Waals surface area contributed by atoms with Crippen LogP contribution in [0.25, 0.3) is 17.1 Å². The van der Waals surface area contributed by atoms with Gasteiger partial charge in [0.25, 0.3) is 11.6 Å². The first-order chi connectivity index (χ1) is 16.9. The van der Waals surface area contributed by atoms with Crippen molar-refractivity contribution in [3.63, 3.8) is 0 Å². The van der Waals surface area contributed by atoms with E-state index in [2.05, 4.69) is 25.7 Å². The Morgan fingerprint density at radius 2 is 1.86 bits per heavy atom. The zero-order valence-electron chi connectivity index (χ0n) is 17.7. The van der Waals surface area contributed by atoms with Gasteiger partial charge in [-0.3, -0.25) is 24.5 Å². The van der Waals surface area contributed by atoms with Crippen molar-refractivity contribution in [1.82, 2.24) is 25.2 Å². The summed E-state index contributed by atoms with van der Waals surface area (Å²) in [6.07, 6.45) is 4.56.